The lowest BCUT2D eigenvalue weighted by Gasteiger charge is -2.16. The van der Waals surface area contributed by atoms with Gasteiger partial charge in [-0.3, -0.25) is 9.59 Å². The molecule has 4 heterocycles. The van der Waals surface area contributed by atoms with Gasteiger partial charge in [0, 0.05) is 48.9 Å². The highest BCUT2D eigenvalue weighted by molar-refractivity contribution is 6.03. The zero-order valence-electron chi connectivity index (χ0n) is 18.6. The molecule has 2 fully saturated rings. The Morgan fingerprint density at radius 1 is 1.09 bits per heavy atom. The number of rotatable bonds is 3. The molecule has 2 saturated heterocycles. The van der Waals surface area contributed by atoms with Crippen molar-refractivity contribution in [2.24, 2.45) is 0 Å². The number of aromatic nitrogens is 3. The van der Waals surface area contributed by atoms with Crippen molar-refractivity contribution < 1.29 is 9.59 Å². The highest BCUT2D eigenvalue weighted by Crippen LogP contribution is 2.40. The Kier molecular flexibility index (Phi) is 5.47. The van der Waals surface area contributed by atoms with Crippen LogP contribution in [-0.4, -0.2) is 62.7 Å². The number of H-pyrrole nitrogens is 1. The molecule has 0 bridgehead atoms. The van der Waals surface area contributed by atoms with E-state index in [0.717, 1.165) is 54.6 Å². The Hall–Kier alpha value is -3.86. The molecular formula is C25H26N6O2. The van der Waals surface area contributed by atoms with Gasteiger partial charge in [-0.1, -0.05) is 18.1 Å². The molecule has 0 aliphatic carbocycles. The minimum Gasteiger partial charge on any atom is -0.383 e. The number of nitrogens with zero attached hydrogens (tertiary/aromatic N) is 4. The maximum absolute atomic E-state index is 12.8. The Bertz CT molecular complexity index is 1280. The van der Waals surface area contributed by atoms with Gasteiger partial charge < -0.3 is 20.5 Å². The van der Waals surface area contributed by atoms with E-state index in [1.807, 2.05) is 29.2 Å². The summed E-state index contributed by atoms with van der Waals surface area (Å²) in [5, 5.41) is 0.768. The van der Waals surface area contributed by atoms with Crippen LogP contribution < -0.4 is 5.73 Å². The number of nitrogen functional groups attached to an aromatic ring is 1. The fourth-order valence-electron chi connectivity index (χ4n) is 4.92. The molecule has 0 radical (unpaired) electrons. The van der Waals surface area contributed by atoms with Gasteiger partial charge in [0.05, 0.1) is 5.39 Å². The second kappa shape index (κ2) is 8.58. The van der Waals surface area contributed by atoms with Crippen molar-refractivity contribution in [2.75, 3.05) is 31.9 Å². The van der Waals surface area contributed by atoms with E-state index >= 15 is 0 Å². The molecule has 5 rings (SSSR count). The van der Waals surface area contributed by atoms with Gasteiger partial charge in [0.15, 0.2) is 0 Å². The van der Waals surface area contributed by atoms with Crippen molar-refractivity contribution in [3.05, 3.63) is 41.9 Å². The summed E-state index contributed by atoms with van der Waals surface area (Å²) in [6.45, 7) is 4.53. The number of nitrogens with two attached hydrogens (primary N) is 1. The van der Waals surface area contributed by atoms with Crippen LogP contribution in [0.5, 0.6) is 0 Å². The zero-order valence-corrected chi connectivity index (χ0v) is 18.6. The smallest absolute Gasteiger partial charge is 0.298 e. The Balaban J connectivity index is 1.53. The Morgan fingerprint density at radius 2 is 1.85 bits per heavy atom. The van der Waals surface area contributed by atoms with Crippen molar-refractivity contribution in [1.82, 2.24) is 24.8 Å². The summed E-state index contributed by atoms with van der Waals surface area (Å²) in [4.78, 5) is 40.8. The van der Waals surface area contributed by atoms with Crippen molar-refractivity contribution in [3.63, 3.8) is 0 Å². The van der Waals surface area contributed by atoms with E-state index in [0.29, 0.717) is 30.1 Å². The zero-order chi connectivity index (χ0) is 22.9. The first-order chi connectivity index (χ1) is 16.1. The topological polar surface area (TPSA) is 108 Å². The van der Waals surface area contributed by atoms with Crippen LogP contribution >= 0.6 is 0 Å². The number of nitrogens with one attached hydrogen (secondary N) is 1. The average molecular weight is 443 g/mol. The van der Waals surface area contributed by atoms with Crippen LogP contribution in [0.15, 0.2) is 30.6 Å². The van der Waals surface area contributed by atoms with E-state index in [4.69, 9.17) is 5.73 Å². The number of aromatic amines is 1. The molecule has 2 aromatic heterocycles. The first-order valence-corrected chi connectivity index (χ1v) is 11.3. The molecule has 1 unspecified atom stereocenters. The van der Waals surface area contributed by atoms with E-state index in [1.54, 1.807) is 11.8 Å². The van der Waals surface area contributed by atoms with Crippen molar-refractivity contribution in [3.8, 4) is 23.0 Å². The fraction of sp³-hybridized carbons (Fsp3) is 0.360. The lowest BCUT2D eigenvalue weighted by molar-refractivity contribution is -0.124. The second-order valence-electron chi connectivity index (χ2n) is 8.58. The molecule has 2 aliphatic heterocycles. The number of hydrogen-bond donors (Lipinski definition) is 2. The summed E-state index contributed by atoms with van der Waals surface area (Å²) in [5.41, 5.74) is 10.5. The van der Waals surface area contributed by atoms with Crippen LogP contribution in [0.2, 0.25) is 0 Å². The number of benzene rings is 1. The van der Waals surface area contributed by atoms with Crippen LogP contribution in [-0.2, 0) is 4.79 Å². The first kappa shape index (κ1) is 21.0. The summed E-state index contributed by atoms with van der Waals surface area (Å²) >= 11 is 0. The number of likely N-dealkylation sites (tertiary alicyclic amines) is 2. The van der Waals surface area contributed by atoms with Gasteiger partial charge in [0.1, 0.15) is 17.8 Å². The van der Waals surface area contributed by atoms with Crippen molar-refractivity contribution in [1.29, 1.82) is 0 Å². The SMILES string of the molecule is CC#CC(=O)N1CCC(c2[nH]c3ncnc(N)c3c2-c2ccc(C(=O)N3CCCC3)cc2)C1. The van der Waals surface area contributed by atoms with Crippen LogP contribution in [0.4, 0.5) is 5.82 Å². The van der Waals surface area contributed by atoms with E-state index < -0.39 is 0 Å². The quantitative estimate of drug-likeness (QED) is 0.607. The van der Waals surface area contributed by atoms with Crippen LogP contribution in [0.3, 0.4) is 0 Å². The van der Waals surface area contributed by atoms with E-state index in [2.05, 4.69) is 26.8 Å². The number of amides is 2. The summed E-state index contributed by atoms with van der Waals surface area (Å²) in [5.74, 6) is 5.74. The average Bonchev–Trinajstić information content (AvgIpc) is 3.58. The third-order valence-corrected chi connectivity index (χ3v) is 6.58. The van der Waals surface area contributed by atoms with Gasteiger partial charge in [-0.05, 0) is 49.8 Å². The highest BCUT2D eigenvalue weighted by Gasteiger charge is 2.31. The fourth-order valence-corrected chi connectivity index (χ4v) is 4.92. The molecule has 0 spiro atoms. The minimum atomic E-state index is -0.151. The third kappa shape index (κ3) is 3.80. The Morgan fingerprint density at radius 3 is 2.58 bits per heavy atom. The standard InChI is InChI=1S/C25H26N6O2/c1-2-5-19(32)31-13-10-18(14-31)22-20(21-23(26)27-15-28-24(21)29-22)16-6-8-17(9-7-16)25(33)30-11-3-4-12-30/h6-9,15,18H,3-4,10-14H2,1H3,(H3,26,27,28,29). The summed E-state index contributed by atoms with van der Waals surface area (Å²) < 4.78 is 0. The Labute approximate surface area is 192 Å². The number of carbonyl (C=O) groups excluding carboxylic acids is 2. The molecule has 0 saturated carbocycles. The number of anilines is 1. The lowest BCUT2D eigenvalue weighted by atomic mass is 9.94. The largest absolute Gasteiger partial charge is 0.383 e. The molecule has 168 valence electrons. The summed E-state index contributed by atoms with van der Waals surface area (Å²) in [6.07, 6.45) is 4.38. The first-order valence-electron chi connectivity index (χ1n) is 11.3. The van der Waals surface area contributed by atoms with Gasteiger partial charge in [-0.15, -0.1) is 0 Å². The molecule has 1 aromatic carbocycles. The molecule has 2 aliphatic rings. The highest BCUT2D eigenvalue weighted by atomic mass is 16.2. The second-order valence-corrected chi connectivity index (χ2v) is 8.58. The van der Waals surface area contributed by atoms with Crippen LogP contribution in [0.1, 0.15) is 48.2 Å². The van der Waals surface area contributed by atoms with Crippen LogP contribution in [0.25, 0.3) is 22.2 Å². The van der Waals surface area contributed by atoms with Gasteiger partial charge in [0.25, 0.3) is 11.8 Å². The van der Waals surface area contributed by atoms with Crippen molar-refractivity contribution in [2.45, 2.75) is 32.1 Å². The molecule has 33 heavy (non-hydrogen) atoms. The minimum absolute atomic E-state index is 0.0722. The molecule has 3 N–H and O–H groups in total. The lowest BCUT2D eigenvalue weighted by Crippen LogP contribution is -2.27. The predicted octanol–water partition coefficient (Wildman–Crippen LogP) is 2.78. The normalized spacial score (nSPS) is 17.9. The monoisotopic (exact) mass is 442 g/mol. The predicted molar refractivity (Wildman–Crippen MR) is 126 cm³/mol. The van der Waals surface area contributed by atoms with Crippen molar-refractivity contribution >= 4 is 28.7 Å². The molecule has 8 heteroatoms. The van der Waals surface area contributed by atoms with E-state index in [9.17, 15) is 9.59 Å². The van der Waals surface area contributed by atoms with E-state index in [-0.39, 0.29) is 17.7 Å². The number of hydrogen-bond acceptors (Lipinski definition) is 5. The molecule has 1 atom stereocenters. The van der Waals surface area contributed by atoms with Gasteiger partial charge >= 0.3 is 0 Å². The molecule has 2 amide bonds. The summed E-state index contributed by atoms with van der Waals surface area (Å²) in [7, 11) is 0. The third-order valence-electron chi connectivity index (χ3n) is 6.58. The maximum Gasteiger partial charge on any atom is 0.298 e. The van der Waals surface area contributed by atoms with Gasteiger partial charge in [-0.25, -0.2) is 9.97 Å². The molecule has 3 aromatic rings. The van der Waals surface area contributed by atoms with Gasteiger partial charge in [0.2, 0.25) is 0 Å². The summed E-state index contributed by atoms with van der Waals surface area (Å²) in [6, 6.07) is 7.67. The maximum atomic E-state index is 12.8. The van der Waals surface area contributed by atoms with Crippen LogP contribution in [0, 0.1) is 11.8 Å². The molecular weight excluding hydrogens is 416 g/mol. The van der Waals surface area contributed by atoms with Gasteiger partial charge in [-0.2, -0.15) is 0 Å². The number of fused-ring (bicyclic) bond motifs is 1. The number of carbonyl (C=O) groups is 2. The molecule has 8 nitrogen and oxygen atoms in total. The van der Waals surface area contributed by atoms with E-state index in [1.165, 1.54) is 6.33 Å².